The zero-order chi connectivity index (χ0) is 60.1. The SMILES string of the molecule is C/C=C(\C)CC(C)CCC.C=C(C)C(=O)OCC(=O)NC(C)C(=O)N(C)CCC(=O)NC(C(=O)N[C@H](C)C(=O)O)C(C)CC.CC(C)C.CNC=O.Cc1ccccc1.NCCCOCCOCCOCCCNC(=O)O. The molecule has 21 nitrogen and oxygen atoms in total. The minimum absolute atomic E-state index is 0.00982. The van der Waals surface area contributed by atoms with Gasteiger partial charge in [0.2, 0.25) is 24.1 Å². The van der Waals surface area contributed by atoms with E-state index in [1.807, 2.05) is 25.1 Å². The number of aliphatic carboxylic acids is 1. The number of carbonyl (C=O) groups is 8. The van der Waals surface area contributed by atoms with Crippen molar-refractivity contribution in [3.05, 3.63) is 59.7 Å². The fraction of sp³-hybridized carbons (Fsp3) is 0.679. The molecule has 4 unspecified atom stereocenters. The quantitative estimate of drug-likeness (QED) is 0.0127. The molecule has 21 heteroatoms. The Labute approximate surface area is 462 Å². The van der Waals surface area contributed by atoms with Crippen LogP contribution in [0.25, 0.3) is 0 Å². The Morgan fingerprint density at radius 3 is 1.73 bits per heavy atom. The first-order valence-electron chi connectivity index (χ1n) is 26.6. The van der Waals surface area contributed by atoms with E-state index in [0.717, 1.165) is 18.3 Å². The zero-order valence-electron chi connectivity index (χ0n) is 49.6. The summed E-state index contributed by atoms with van der Waals surface area (Å²) < 4.78 is 20.5. The Morgan fingerprint density at radius 2 is 1.31 bits per heavy atom. The van der Waals surface area contributed by atoms with Gasteiger partial charge in [-0.05, 0) is 85.1 Å². The summed E-state index contributed by atoms with van der Waals surface area (Å²) in [4.78, 5) is 91.9. The van der Waals surface area contributed by atoms with Gasteiger partial charge >= 0.3 is 18.0 Å². The van der Waals surface area contributed by atoms with Crippen LogP contribution in [0.5, 0.6) is 0 Å². The van der Waals surface area contributed by atoms with E-state index in [1.165, 1.54) is 63.1 Å². The molecule has 0 spiro atoms. The molecule has 0 bridgehead atoms. The molecule has 9 N–H and O–H groups in total. The number of aryl methyl sites for hydroxylation is 1. The van der Waals surface area contributed by atoms with E-state index >= 15 is 0 Å². The monoisotopic (exact) mass is 1100 g/mol. The van der Waals surface area contributed by atoms with E-state index in [2.05, 4.69) is 107 Å². The first kappa shape index (κ1) is 80.0. The van der Waals surface area contributed by atoms with Crippen LogP contribution in [-0.4, -0.2) is 161 Å². The average Bonchev–Trinajstić information content (AvgIpc) is 3.37. The number of benzene rings is 1. The lowest BCUT2D eigenvalue weighted by Crippen LogP contribution is -2.53. The van der Waals surface area contributed by atoms with E-state index in [0.29, 0.717) is 72.0 Å². The summed E-state index contributed by atoms with van der Waals surface area (Å²) >= 11 is 0. The van der Waals surface area contributed by atoms with Gasteiger partial charge in [-0.1, -0.05) is 122 Å². The third kappa shape index (κ3) is 57.6. The molecule has 0 aliphatic carbocycles. The molecule has 1 aromatic rings. The molecule has 446 valence electrons. The predicted molar refractivity (Wildman–Crippen MR) is 304 cm³/mol. The van der Waals surface area contributed by atoms with E-state index in [-0.39, 0.29) is 24.5 Å². The predicted octanol–water partition coefficient (Wildman–Crippen LogP) is 6.42. The van der Waals surface area contributed by atoms with Crippen molar-refractivity contribution in [2.45, 2.75) is 153 Å². The first-order valence-corrected chi connectivity index (χ1v) is 26.6. The summed E-state index contributed by atoms with van der Waals surface area (Å²) in [6.45, 7) is 32.5. The van der Waals surface area contributed by atoms with Gasteiger partial charge in [0.1, 0.15) is 18.1 Å². The van der Waals surface area contributed by atoms with Gasteiger partial charge in [-0.2, -0.15) is 0 Å². The largest absolute Gasteiger partial charge is 0.480 e. The van der Waals surface area contributed by atoms with Crippen LogP contribution in [0.3, 0.4) is 0 Å². The maximum Gasteiger partial charge on any atom is 0.404 e. The van der Waals surface area contributed by atoms with E-state index in [1.54, 1.807) is 14.0 Å². The molecule has 0 fully saturated rings. The van der Waals surface area contributed by atoms with Crippen molar-refractivity contribution in [3.8, 4) is 0 Å². The van der Waals surface area contributed by atoms with Gasteiger partial charge in [-0.3, -0.25) is 28.8 Å². The fourth-order valence-corrected chi connectivity index (χ4v) is 5.52. The van der Waals surface area contributed by atoms with Crippen LogP contribution < -0.4 is 32.3 Å². The van der Waals surface area contributed by atoms with E-state index in [4.69, 9.17) is 39.7 Å². The fourth-order valence-electron chi connectivity index (χ4n) is 5.52. The van der Waals surface area contributed by atoms with Crippen molar-refractivity contribution in [3.63, 3.8) is 0 Å². The highest BCUT2D eigenvalue weighted by Crippen LogP contribution is 2.15. The summed E-state index contributed by atoms with van der Waals surface area (Å²) in [6, 6.07) is 7.29. The number of nitrogens with one attached hydrogen (secondary N) is 5. The normalized spacial score (nSPS) is 12.1. The highest BCUT2D eigenvalue weighted by molar-refractivity contribution is 5.92. The highest BCUT2D eigenvalue weighted by atomic mass is 16.5. The number of likely N-dealkylation sites (N-methyl/N-ethyl adjacent to an activating group) is 1. The number of nitrogens with zero attached hydrogens (tertiary/aromatic N) is 1. The van der Waals surface area contributed by atoms with Crippen molar-refractivity contribution in [2.24, 2.45) is 23.5 Å². The van der Waals surface area contributed by atoms with Gasteiger partial charge in [-0.15, -0.1) is 0 Å². The topological polar surface area (TPSA) is 303 Å². The third-order valence-corrected chi connectivity index (χ3v) is 10.0. The number of carboxylic acids is 1. The van der Waals surface area contributed by atoms with Crippen molar-refractivity contribution in [1.29, 1.82) is 0 Å². The van der Waals surface area contributed by atoms with E-state index < -0.39 is 66.4 Å². The van der Waals surface area contributed by atoms with Crippen LogP contribution >= 0.6 is 0 Å². The summed E-state index contributed by atoms with van der Waals surface area (Å²) in [6.07, 6.45) is 7.78. The Bertz CT molecular complexity index is 1750. The maximum atomic E-state index is 12.4. The lowest BCUT2D eigenvalue weighted by Gasteiger charge is -2.25. The van der Waals surface area contributed by atoms with Crippen LogP contribution in [0.15, 0.2) is 54.1 Å². The molecular formula is C56H103N7O14. The number of amides is 6. The van der Waals surface area contributed by atoms with Crippen molar-refractivity contribution < 1.29 is 67.5 Å². The van der Waals surface area contributed by atoms with Gasteiger partial charge in [0, 0.05) is 52.4 Å². The van der Waals surface area contributed by atoms with Crippen molar-refractivity contribution in [2.75, 3.05) is 80.0 Å². The summed E-state index contributed by atoms with van der Waals surface area (Å²) in [7, 11) is 3.01. The van der Waals surface area contributed by atoms with Crippen LogP contribution in [0.1, 0.15) is 134 Å². The van der Waals surface area contributed by atoms with Crippen molar-refractivity contribution >= 4 is 48.1 Å². The molecule has 0 heterocycles. The molecule has 77 heavy (non-hydrogen) atoms. The second-order valence-corrected chi connectivity index (χ2v) is 18.7. The van der Waals surface area contributed by atoms with Crippen molar-refractivity contribution in [1.82, 2.24) is 31.5 Å². The average molecular weight is 1100 g/mol. The highest BCUT2D eigenvalue weighted by Gasteiger charge is 2.29. The number of rotatable bonds is 32. The minimum Gasteiger partial charge on any atom is -0.480 e. The Morgan fingerprint density at radius 1 is 0.792 bits per heavy atom. The van der Waals surface area contributed by atoms with E-state index in [9.17, 15) is 33.6 Å². The molecule has 0 saturated heterocycles. The number of hydrogen-bond donors (Lipinski definition) is 8. The number of esters is 1. The van der Waals surface area contributed by atoms with Crippen LogP contribution in [-0.2, 0) is 52.5 Å². The van der Waals surface area contributed by atoms with Gasteiger partial charge in [0.05, 0.1) is 26.4 Å². The Kier molecular flexibility index (Phi) is 57.0. The Balaban J connectivity index is -0.000000329. The number of carboxylic acid groups (broad SMARTS) is 2. The number of hydrogen-bond acceptors (Lipinski definition) is 13. The molecule has 0 aliphatic heterocycles. The smallest absolute Gasteiger partial charge is 0.404 e. The first-order chi connectivity index (χ1) is 36.2. The zero-order valence-corrected chi connectivity index (χ0v) is 49.6. The Hall–Kier alpha value is -5.90. The molecule has 0 aromatic heterocycles. The molecule has 0 aliphatic rings. The van der Waals surface area contributed by atoms with Crippen LogP contribution in [0, 0.1) is 24.7 Å². The molecular weight excluding hydrogens is 995 g/mol. The summed E-state index contributed by atoms with van der Waals surface area (Å²) in [5.41, 5.74) is 8.30. The van der Waals surface area contributed by atoms with Crippen LogP contribution in [0.4, 0.5) is 4.79 Å². The molecule has 0 saturated carbocycles. The molecule has 1 aromatic carbocycles. The summed E-state index contributed by atoms with van der Waals surface area (Å²) in [5.74, 6) is -2.70. The van der Waals surface area contributed by atoms with Gasteiger partial charge in [0.15, 0.2) is 6.61 Å². The third-order valence-electron chi connectivity index (χ3n) is 10.0. The van der Waals surface area contributed by atoms with Gasteiger partial charge in [-0.25, -0.2) is 9.59 Å². The second-order valence-electron chi connectivity index (χ2n) is 18.7. The second kappa shape index (κ2) is 54.9. The van der Waals surface area contributed by atoms with Gasteiger partial charge in [0.25, 0.3) is 5.91 Å². The number of carbonyl (C=O) groups excluding carboxylic acids is 6. The summed E-state index contributed by atoms with van der Waals surface area (Å²) in [5, 5.41) is 29.1. The maximum absolute atomic E-state index is 12.4. The number of ether oxygens (including phenoxy) is 4. The minimum atomic E-state index is -1.20. The van der Waals surface area contributed by atoms with Gasteiger partial charge < -0.3 is 66.4 Å². The molecule has 0 radical (unpaired) electrons. The molecule has 5 atom stereocenters. The lowest BCUT2D eigenvalue weighted by molar-refractivity contribution is -0.145. The number of allylic oxidation sites excluding steroid dienone is 2. The molecule has 1 rings (SSSR count). The lowest BCUT2D eigenvalue weighted by atomic mass is 9.98. The number of nitrogens with two attached hydrogens (primary N) is 1. The standard InChI is InChI=1S/C22H36N4O8.C11H24N2O5.C10H20.C7H8.C4H10.C2H5NO/c1-8-13(4)18(19(29)24-15(6)21(31)32)25-16(27)9-10-26(7)20(30)14(5)23-17(28)11-34-22(33)12(2)3;12-3-1-5-16-7-9-18-10-8-17-6-2-4-13-11(14)15;1-5-7-10(4)8-9(3)6-2;1-7-5-3-2-4-6-7;1-4(2)3;1-3-2-4/h13-15,18H,2,8-11H2,1,3-7H3,(H,23,28)(H,24,29)(H,25,27)(H,31,32);13H,1-10,12H2,(H,14,15);6,10H,5,7-8H2,1-4H3;2-6H,1H3;4H,1-3H3;2H,1H3,(H,3,4)/b;;9-6+;;;/t13?,14?,15-,18?;;;;;/m1...../s1. The molecule has 6 amide bonds. The van der Waals surface area contributed by atoms with Crippen LogP contribution in [0.2, 0.25) is 0 Å².